The van der Waals surface area contributed by atoms with Gasteiger partial charge in [0, 0.05) is 11.4 Å². The standard InChI is InChI=1S/C14H15N5O4S2/c1-4-23-12(20)11-10(5-6-24-11)18-25(21,22)14-16-13-15-8(2)7-9(3)19(13)17-14/h5-7,18H,4H2,1-3H3. The second-order valence-electron chi connectivity index (χ2n) is 5.13. The van der Waals surface area contributed by atoms with E-state index in [1.54, 1.807) is 32.2 Å². The minimum absolute atomic E-state index is 0.128. The van der Waals surface area contributed by atoms with Crippen LogP contribution in [0, 0.1) is 13.8 Å². The highest BCUT2D eigenvalue weighted by Gasteiger charge is 2.25. The van der Waals surface area contributed by atoms with Gasteiger partial charge in [-0.25, -0.2) is 14.3 Å². The maximum Gasteiger partial charge on any atom is 0.350 e. The summed E-state index contributed by atoms with van der Waals surface area (Å²) in [6, 6.07) is 3.25. The summed E-state index contributed by atoms with van der Waals surface area (Å²) >= 11 is 1.08. The van der Waals surface area contributed by atoms with Crippen LogP contribution in [0.2, 0.25) is 0 Å². The first kappa shape index (κ1) is 17.3. The number of aromatic nitrogens is 4. The average Bonchev–Trinajstić information content (AvgIpc) is 3.14. The summed E-state index contributed by atoms with van der Waals surface area (Å²) in [4.78, 5) is 20.2. The maximum atomic E-state index is 12.6. The van der Waals surface area contributed by atoms with E-state index in [4.69, 9.17) is 4.74 Å². The van der Waals surface area contributed by atoms with Crippen molar-refractivity contribution in [3.05, 3.63) is 33.8 Å². The molecule has 0 aliphatic carbocycles. The smallest absolute Gasteiger partial charge is 0.350 e. The van der Waals surface area contributed by atoms with E-state index in [1.165, 1.54) is 10.6 Å². The number of anilines is 1. The molecular weight excluding hydrogens is 366 g/mol. The van der Waals surface area contributed by atoms with Crippen LogP contribution in [0.5, 0.6) is 0 Å². The molecule has 0 amide bonds. The average molecular weight is 381 g/mol. The number of hydrogen-bond donors (Lipinski definition) is 1. The Morgan fingerprint density at radius 3 is 2.84 bits per heavy atom. The van der Waals surface area contributed by atoms with Gasteiger partial charge >= 0.3 is 5.97 Å². The Morgan fingerprint density at radius 2 is 2.12 bits per heavy atom. The first-order valence-electron chi connectivity index (χ1n) is 7.30. The molecule has 0 aliphatic heterocycles. The quantitative estimate of drug-likeness (QED) is 0.670. The Bertz CT molecular complexity index is 1050. The number of ether oxygens (including phenoxy) is 1. The van der Waals surface area contributed by atoms with Crippen LogP contribution in [0.4, 0.5) is 5.69 Å². The molecule has 0 saturated carbocycles. The van der Waals surface area contributed by atoms with Gasteiger partial charge in [-0.15, -0.1) is 16.4 Å². The molecule has 3 aromatic heterocycles. The molecule has 0 aromatic carbocycles. The predicted octanol–water partition coefficient (Wildman–Crippen LogP) is 1.78. The lowest BCUT2D eigenvalue weighted by Gasteiger charge is -2.05. The Morgan fingerprint density at radius 1 is 1.36 bits per heavy atom. The van der Waals surface area contributed by atoms with E-state index in [1.807, 2.05) is 0 Å². The van der Waals surface area contributed by atoms with Crippen molar-refractivity contribution in [3.8, 4) is 0 Å². The predicted molar refractivity (Wildman–Crippen MR) is 91.3 cm³/mol. The highest BCUT2D eigenvalue weighted by molar-refractivity contribution is 7.92. The molecular formula is C14H15N5O4S2. The van der Waals surface area contributed by atoms with E-state index < -0.39 is 21.1 Å². The number of nitrogens with zero attached hydrogens (tertiary/aromatic N) is 4. The Labute approximate surface area is 147 Å². The van der Waals surface area contributed by atoms with Crippen LogP contribution in [0.15, 0.2) is 22.7 Å². The third-order valence-electron chi connectivity index (χ3n) is 3.21. The van der Waals surface area contributed by atoms with Gasteiger partial charge in [0.2, 0.25) is 0 Å². The van der Waals surface area contributed by atoms with E-state index >= 15 is 0 Å². The molecule has 0 saturated heterocycles. The lowest BCUT2D eigenvalue weighted by atomic mass is 10.4. The van der Waals surface area contributed by atoms with Crippen LogP contribution in [-0.4, -0.2) is 40.6 Å². The summed E-state index contributed by atoms with van der Waals surface area (Å²) in [5.74, 6) is -0.403. The van der Waals surface area contributed by atoms with Crippen LogP contribution in [-0.2, 0) is 14.8 Å². The van der Waals surface area contributed by atoms with Gasteiger partial charge < -0.3 is 4.74 Å². The number of carbonyl (C=O) groups excluding carboxylic acids is 1. The molecule has 3 rings (SSSR count). The molecule has 25 heavy (non-hydrogen) atoms. The van der Waals surface area contributed by atoms with Gasteiger partial charge in [-0.3, -0.25) is 4.72 Å². The molecule has 0 fully saturated rings. The number of thiophene rings is 1. The number of sulfonamides is 1. The summed E-state index contributed by atoms with van der Waals surface area (Å²) in [6.45, 7) is 5.43. The monoisotopic (exact) mass is 381 g/mol. The largest absolute Gasteiger partial charge is 0.462 e. The Balaban J connectivity index is 1.97. The first-order valence-corrected chi connectivity index (χ1v) is 9.66. The van der Waals surface area contributed by atoms with Crippen molar-refractivity contribution in [3.63, 3.8) is 0 Å². The van der Waals surface area contributed by atoms with Gasteiger partial charge in [0.05, 0.1) is 12.3 Å². The zero-order chi connectivity index (χ0) is 18.2. The fourth-order valence-corrected chi connectivity index (χ4v) is 3.94. The highest BCUT2D eigenvalue weighted by Crippen LogP contribution is 2.25. The van der Waals surface area contributed by atoms with Crippen molar-refractivity contribution in [2.45, 2.75) is 25.9 Å². The van der Waals surface area contributed by atoms with E-state index in [-0.39, 0.29) is 22.9 Å². The molecule has 11 heteroatoms. The van der Waals surface area contributed by atoms with E-state index in [0.717, 1.165) is 11.3 Å². The zero-order valence-electron chi connectivity index (χ0n) is 13.7. The van der Waals surface area contributed by atoms with Crippen molar-refractivity contribution in [2.24, 2.45) is 0 Å². The molecule has 0 unspecified atom stereocenters. The van der Waals surface area contributed by atoms with Crippen LogP contribution in [0.25, 0.3) is 5.78 Å². The fourth-order valence-electron chi connectivity index (χ4n) is 2.20. The van der Waals surface area contributed by atoms with Gasteiger partial charge in [-0.1, -0.05) is 0 Å². The summed E-state index contributed by atoms with van der Waals surface area (Å²) in [5, 5.41) is 5.17. The lowest BCUT2D eigenvalue weighted by molar-refractivity contribution is 0.0533. The van der Waals surface area contributed by atoms with Crippen LogP contribution in [0.1, 0.15) is 28.0 Å². The zero-order valence-corrected chi connectivity index (χ0v) is 15.3. The maximum absolute atomic E-state index is 12.6. The number of rotatable bonds is 5. The SMILES string of the molecule is CCOC(=O)c1sccc1NS(=O)(=O)c1nc2nc(C)cc(C)n2n1. The van der Waals surface area contributed by atoms with E-state index in [0.29, 0.717) is 11.4 Å². The van der Waals surface area contributed by atoms with Gasteiger partial charge in [-0.05, 0) is 38.3 Å². The third-order valence-corrected chi connectivity index (χ3v) is 5.25. The molecule has 0 atom stereocenters. The number of nitrogens with one attached hydrogen (secondary N) is 1. The minimum atomic E-state index is -4.08. The number of fused-ring (bicyclic) bond motifs is 1. The van der Waals surface area contributed by atoms with Crippen molar-refractivity contribution in [1.82, 2.24) is 19.6 Å². The Hall–Kier alpha value is -2.53. The second-order valence-corrected chi connectivity index (χ2v) is 7.63. The number of hydrogen-bond acceptors (Lipinski definition) is 8. The van der Waals surface area contributed by atoms with E-state index in [9.17, 15) is 13.2 Å². The number of carbonyl (C=O) groups is 1. The topological polar surface area (TPSA) is 116 Å². The summed E-state index contributed by atoms with van der Waals surface area (Å²) < 4.78 is 33.7. The van der Waals surface area contributed by atoms with Crippen LogP contribution in [0.3, 0.4) is 0 Å². The third kappa shape index (κ3) is 3.33. The molecule has 0 spiro atoms. The number of aryl methyl sites for hydroxylation is 2. The van der Waals surface area contributed by atoms with E-state index in [2.05, 4.69) is 19.8 Å². The number of esters is 1. The molecule has 3 aromatic rings. The van der Waals surface area contributed by atoms with Gasteiger partial charge in [0.25, 0.3) is 21.0 Å². The van der Waals surface area contributed by atoms with Crippen molar-refractivity contribution < 1.29 is 17.9 Å². The molecule has 3 heterocycles. The lowest BCUT2D eigenvalue weighted by Crippen LogP contribution is -2.16. The van der Waals surface area contributed by atoms with Gasteiger partial charge in [-0.2, -0.15) is 13.4 Å². The molecule has 9 nitrogen and oxygen atoms in total. The van der Waals surface area contributed by atoms with Crippen LogP contribution < -0.4 is 4.72 Å². The van der Waals surface area contributed by atoms with Gasteiger partial charge in [0.1, 0.15) is 4.88 Å². The van der Waals surface area contributed by atoms with Gasteiger partial charge in [0.15, 0.2) is 0 Å². The van der Waals surface area contributed by atoms with Crippen LogP contribution >= 0.6 is 11.3 Å². The summed E-state index contributed by atoms with van der Waals surface area (Å²) in [6.07, 6.45) is 0. The molecule has 0 radical (unpaired) electrons. The summed E-state index contributed by atoms with van der Waals surface area (Å²) in [7, 11) is -4.08. The normalized spacial score (nSPS) is 11.6. The Kier molecular flexibility index (Phi) is 4.43. The minimum Gasteiger partial charge on any atom is -0.462 e. The summed E-state index contributed by atoms with van der Waals surface area (Å²) in [5.41, 5.74) is 1.54. The van der Waals surface area contributed by atoms with Crippen molar-refractivity contribution in [1.29, 1.82) is 0 Å². The second kappa shape index (κ2) is 6.41. The molecule has 1 N–H and O–H groups in total. The van der Waals surface area contributed by atoms with Crippen molar-refractivity contribution >= 4 is 38.8 Å². The fraction of sp³-hybridized carbons (Fsp3) is 0.286. The highest BCUT2D eigenvalue weighted by atomic mass is 32.2. The molecule has 0 bridgehead atoms. The first-order chi connectivity index (χ1) is 11.8. The molecule has 132 valence electrons. The van der Waals surface area contributed by atoms with Crippen molar-refractivity contribution in [2.75, 3.05) is 11.3 Å². The molecule has 0 aliphatic rings.